The summed E-state index contributed by atoms with van der Waals surface area (Å²) in [5.74, 6) is -0.0414. The lowest BCUT2D eigenvalue weighted by molar-refractivity contribution is -0.125. The van der Waals surface area contributed by atoms with Gasteiger partial charge in [-0.3, -0.25) is 14.3 Å². The van der Waals surface area contributed by atoms with E-state index in [1.807, 2.05) is 43.7 Å². The van der Waals surface area contributed by atoms with Gasteiger partial charge in [0.2, 0.25) is 11.5 Å². The summed E-state index contributed by atoms with van der Waals surface area (Å²) >= 11 is 0. The first-order valence-electron chi connectivity index (χ1n) is 8.70. The summed E-state index contributed by atoms with van der Waals surface area (Å²) in [7, 11) is 1.87. The molecule has 0 spiro atoms. The molecule has 0 bridgehead atoms. The number of nitrogens with zero attached hydrogens (tertiary/aromatic N) is 2. The number of carbonyl (C=O) groups excluding carboxylic acids is 1. The van der Waals surface area contributed by atoms with Gasteiger partial charge in [-0.2, -0.15) is 5.10 Å². The Hall–Kier alpha value is -2.93. The molecule has 1 aliphatic heterocycles. The van der Waals surface area contributed by atoms with E-state index < -0.39 is 0 Å². The molecule has 26 heavy (non-hydrogen) atoms. The van der Waals surface area contributed by atoms with Crippen LogP contribution in [-0.4, -0.2) is 33.8 Å². The topological polar surface area (TPSA) is 91.8 Å². The molecule has 3 heterocycles. The molecule has 1 saturated heterocycles. The number of fused-ring (bicyclic) bond motifs is 1. The van der Waals surface area contributed by atoms with Crippen molar-refractivity contribution in [3.63, 3.8) is 0 Å². The molecule has 1 aromatic carbocycles. The van der Waals surface area contributed by atoms with Crippen LogP contribution in [0.4, 0.5) is 0 Å². The number of hydrogen-bond donors (Lipinski definition) is 3. The van der Waals surface area contributed by atoms with Crippen molar-refractivity contribution >= 4 is 16.8 Å². The highest BCUT2D eigenvalue weighted by molar-refractivity contribution is 5.84. The van der Waals surface area contributed by atoms with Crippen LogP contribution >= 0.6 is 0 Å². The number of pyridine rings is 1. The van der Waals surface area contributed by atoms with Crippen LogP contribution in [0.15, 0.2) is 47.5 Å². The number of hydrogen-bond acceptors (Lipinski definition) is 4. The van der Waals surface area contributed by atoms with E-state index in [2.05, 4.69) is 20.7 Å². The fraction of sp³-hybridized carbons (Fsp3) is 0.316. The highest BCUT2D eigenvalue weighted by Gasteiger charge is 2.34. The molecule has 0 unspecified atom stereocenters. The normalized spacial score (nSPS) is 19.7. The number of benzene rings is 1. The molecule has 0 aliphatic carbocycles. The van der Waals surface area contributed by atoms with Crippen molar-refractivity contribution in [2.45, 2.75) is 12.5 Å². The van der Waals surface area contributed by atoms with Gasteiger partial charge in [-0.15, -0.1) is 0 Å². The van der Waals surface area contributed by atoms with Crippen LogP contribution in [0, 0.1) is 5.92 Å². The van der Waals surface area contributed by atoms with Crippen molar-refractivity contribution in [3.05, 3.63) is 64.2 Å². The van der Waals surface area contributed by atoms with E-state index in [0.29, 0.717) is 13.1 Å². The molecule has 1 fully saturated rings. The maximum absolute atomic E-state index is 12.8. The number of para-hydroxylation sites is 1. The molecular formula is C19H21N5O2. The number of amides is 1. The Morgan fingerprint density at radius 1 is 1.35 bits per heavy atom. The Morgan fingerprint density at radius 2 is 2.19 bits per heavy atom. The summed E-state index contributed by atoms with van der Waals surface area (Å²) in [6.45, 7) is 1.73. The van der Waals surface area contributed by atoms with Crippen LogP contribution in [0.1, 0.15) is 17.0 Å². The molecule has 1 aliphatic rings. The molecule has 0 saturated carbocycles. The lowest BCUT2D eigenvalue weighted by Crippen LogP contribution is -2.34. The number of rotatable bonds is 4. The minimum Gasteiger partial charge on any atom is -0.352 e. The molecule has 7 nitrogen and oxygen atoms in total. The molecule has 2 atom stereocenters. The maximum Gasteiger partial charge on any atom is 0.248 e. The second-order valence-corrected chi connectivity index (χ2v) is 6.74. The second-order valence-electron chi connectivity index (χ2n) is 6.74. The number of carbonyl (C=O) groups is 1. The number of aryl methyl sites for hydroxylation is 1. The quantitative estimate of drug-likeness (QED) is 0.651. The molecule has 7 heteroatoms. The molecule has 3 aromatic rings. The standard InChI is InChI=1S/C19H21N5O2/c1-24-11-13(8-22-24)15-9-20-10-16(15)19(26)21-7-12-6-18(25)23-17-5-3-2-4-14(12)17/h2-6,8,11,15-16,20H,7,9-10H2,1H3,(H,21,26)(H,23,25)/t15-,16+/m1/s1. The summed E-state index contributed by atoms with van der Waals surface area (Å²) in [6.07, 6.45) is 3.78. The van der Waals surface area contributed by atoms with E-state index in [4.69, 9.17) is 0 Å². The summed E-state index contributed by atoms with van der Waals surface area (Å²) in [4.78, 5) is 27.4. The Bertz CT molecular complexity index is 1010. The summed E-state index contributed by atoms with van der Waals surface area (Å²) in [5, 5.41) is 11.5. The zero-order chi connectivity index (χ0) is 18.1. The fourth-order valence-corrected chi connectivity index (χ4v) is 3.67. The minimum absolute atomic E-state index is 0.00628. The van der Waals surface area contributed by atoms with Crippen molar-refractivity contribution < 1.29 is 4.79 Å². The number of nitrogens with one attached hydrogen (secondary N) is 3. The first kappa shape index (κ1) is 16.5. The van der Waals surface area contributed by atoms with E-state index in [-0.39, 0.29) is 23.3 Å². The van der Waals surface area contributed by atoms with Crippen molar-refractivity contribution in [1.29, 1.82) is 0 Å². The van der Waals surface area contributed by atoms with Crippen LogP contribution < -0.4 is 16.2 Å². The SMILES string of the molecule is Cn1cc([C@H]2CNC[C@@H]2C(=O)NCc2cc(=O)[nH]c3ccccc23)cn1. The Morgan fingerprint density at radius 3 is 3.00 bits per heavy atom. The lowest BCUT2D eigenvalue weighted by atomic mass is 9.90. The Balaban J connectivity index is 1.51. The van der Waals surface area contributed by atoms with Crippen LogP contribution in [0.2, 0.25) is 0 Å². The van der Waals surface area contributed by atoms with Gasteiger partial charge >= 0.3 is 0 Å². The Labute approximate surface area is 150 Å². The average molecular weight is 351 g/mol. The third kappa shape index (κ3) is 3.13. The summed E-state index contributed by atoms with van der Waals surface area (Å²) in [5.41, 5.74) is 2.50. The fourth-order valence-electron chi connectivity index (χ4n) is 3.67. The van der Waals surface area contributed by atoms with Gasteiger partial charge in [-0.1, -0.05) is 18.2 Å². The monoisotopic (exact) mass is 351 g/mol. The number of aromatic nitrogens is 3. The largest absolute Gasteiger partial charge is 0.352 e. The van der Waals surface area contributed by atoms with Crippen molar-refractivity contribution in [2.75, 3.05) is 13.1 Å². The smallest absolute Gasteiger partial charge is 0.248 e. The molecule has 0 radical (unpaired) electrons. The van der Waals surface area contributed by atoms with E-state index in [9.17, 15) is 9.59 Å². The van der Waals surface area contributed by atoms with Gasteiger partial charge in [0.05, 0.1) is 12.1 Å². The van der Waals surface area contributed by atoms with Crippen LogP contribution in [0.5, 0.6) is 0 Å². The average Bonchev–Trinajstić information content (AvgIpc) is 3.28. The summed E-state index contributed by atoms with van der Waals surface area (Å²) in [6, 6.07) is 9.16. The van der Waals surface area contributed by atoms with Gasteiger partial charge in [-0.25, -0.2) is 0 Å². The predicted octanol–water partition coefficient (Wildman–Crippen LogP) is 0.881. The van der Waals surface area contributed by atoms with Gasteiger partial charge < -0.3 is 15.6 Å². The third-order valence-electron chi connectivity index (χ3n) is 4.99. The predicted molar refractivity (Wildman–Crippen MR) is 98.7 cm³/mol. The van der Waals surface area contributed by atoms with Gasteiger partial charge in [0.25, 0.3) is 0 Å². The first-order chi connectivity index (χ1) is 12.6. The molecule has 134 valence electrons. The minimum atomic E-state index is -0.163. The second kappa shape index (κ2) is 6.76. The van der Waals surface area contributed by atoms with Gasteiger partial charge in [-0.05, 0) is 17.2 Å². The Kier molecular flexibility index (Phi) is 4.30. The van der Waals surface area contributed by atoms with E-state index >= 15 is 0 Å². The van der Waals surface area contributed by atoms with Crippen LogP contribution in [0.25, 0.3) is 10.9 Å². The first-order valence-corrected chi connectivity index (χ1v) is 8.70. The molecule has 1 amide bonds. The molecule has 2 aromatic heterocycles. The highest BCUT2D eigenvalue weighted by atomic mass is 16.2. The number of aromatic amines is 1. The van der Waals surface area contributed by atoms with Gasteiger partial charge in [0, 0.05) is 55.8 Å². The molecule has 4 rings (SSSR count). The van der Waals surface area contributed by atoms with Crippen LogP contribution in [-0.2, 0) is 18.4 Å². The van der Waals surface area contributed by atoms with Gasteiger partial charge in [0.1, 0.15) is 0 Å². The van der Waals surface area contributed by atoms with Crippen LogP contribution in [0.3, 0.4) is 0 Å². The zero-order valence-corrected chi connectivity index (χ0v) is 14.5. The van der Waals surface area contributed by atoms with Crippen molar-refractivity contribution in [1.82, 2.24) is 25.4 Å². The number of H-pyrrole nitrogens is 1. The van der Waals surface area contributed by atoms with Gasteiger partial charge in [0.15, 0.2) is 0 Å². The highest BCUT2D eigenvalue weighted by Crippen LogP contribution is 2.28. The molecular weight excluding hydrogens is 330 g/mol. The van der Waals surface area contributed by atoms with E-state index in [1.165, 1.54) is 0 Å². The lowest BCUT2D eigenvalue weighted by Gasteiger charge is -2.17. The third-order valence-corrected chi connectivity index (χ3v) is 4.99. The summed E-state index contributed by atoms with van der Waals surface area (Å²) < 4.78 is 1.75. The zero-order valence-electron chi connectivity index (χ0n) is 14.5. The van der Waals surface area contributed by atoms with Crippen molar-refractivity contribution in [3.8, 4) is 0 Å². The van der Waals surface area contributed by atoms with Crippen molar-refractivity contribution in [2.24, 2.45) is 13.0 Å². The van der Waals surface area contributed by atoms with E-state index in [0.717, 1.165) is 28.6 Å². The van der Waals surface area contributed by atoms with E-state index in [1.54, 1.807) is 10.7 Å². The molecule has 3 N–H and O–H groups in total. The maximum atomic E-state index is 12.8.